The predicted molar refractivity (Wildman–Crippen MR) is 193 cm³/mol. The second kappa shape index (κ2) is 17.4. The van der Waals surface area contributed by atoms with Crippen molar-refractivity contribution in [3.05, 3.63) is 89.0 Å². The Morgan fingerprint density at radius 3 is 2.51 bits per heavy atom. The van der Waals surface area contributed by atoms with Crippen LogP contribution < -0.4 is 10.6 Å². The fourth-order valence-electron chi connectivity index (χ4n) is 5.66. The summed E-state index contributed by atoms with van der Waals surface area (Å²) in [6.45, 7) is 20.2. The van der Waals surface area contributed by atoms with Gasteiger partial charge in [-0.3, -0.25) is 0 Å². The van der Waals surface area contributed by atoms with Gasteiger partial charge in [0.2, 0.25) is 0 Å². The molecule has 0 saturated heterocycles. The Bertz CT molecular complexity index is 1170. The Balaban J connectivity index is 0.000000480. The van der Waals surface area contributed by atoms with Crippen LogP contribution in [0.2, 0.25) is 0 Å². The number of nitrogens with one attached hydrogen (secondary N) is 2. The third kappa shape index (κ3) is 11.4. The minimum absolute atomic E-state index is 0.127. The van der Waals surface area contributed by atoms with E-state index in [9.17, 15) is 5.11 Å². The number of thioether (sulfide) groups is 1. The fraction of sp³-hybridized carbons (Fsp3) is 0.541. The van der Waals surface area contributed by atoms with Gasteiger partial charge in [0, 0.05) is 29.3 Å². The van der Waals surface area contributed by atoms with Gasteiger partial charge < -0.3 is 20.6 Å². The second-order valence-electron chi connectivity index (χ2n) is 12.9. The maximum absolute atomic E-state index is 9.53. The van der Waals surface area contributed by atoms with Crippen LogP contribution in [0.1, 0.15) is 104 Å². The average Bonchev–Trinajstić information content (AvgIpc) is 3.27. The molecule has 236 valence electrons. The van der Waals surface area contributed by atoms with Crippen molar-refractivity contribution in [2.75, 3.05) is 13.1 Å². The summed E-state index contributed by atoms with van der Waals surface area (Å²) < 4.78 is 0. The van der Waals surface area contributed by atoms with Gasteiger partial charge in [0.25, 0.3) is 0 Å². The first-order valence-electron chi connectivity index (χ1n) is 16.2. The molecule has 1 atom stereocenters. The molecule has 3 aliphatic rings. The van der Waals surface area contributed by atoms with Crippen molar-refractivity contribution in [3.8, 4) is 0 Å². The molecule has 6 heteroatoms. The SMILES string of the molecule is C=C(NC(=S)CC1=CNC(C(C)(C)CCCN(CC)C(C)C)S1)c1ccc(C2CC(O)C2)cc1.CCC1=CC=CC=CC1. The third-order valence-corrected chi connectivity index (χ3v) is 10.6. The van der Waals surface area contributed by atoms with E-state index in [1.54, 1.807) is 0 Å². The van der Waals surface area contributed by atoms with Gasteiger partial charge >= 0.3 is 0 Å². The van der Waals surface area contributed by atoms with E-state index in [1.807, 2.05) is 11.8 Å². The maximum Gasteiger partial charge on any atom is 0.0847 e. The Labute approximate surface area is 271 Å². The number of thiocarbonyl (C=S) groups is 1. The first-order valence-corrected chi connectivity index (χ1v) is 17.4. The molecule has 0 bridgehead atoms. The number of aliphatic hydroxyl groups is 1. The van der Waals surface area contributed by atoms with Crippen LogP contribution >= 0.6 is 24.0 Å². The first-order chi connectivity index (χ1) is 20.5. The van der Waals surface area contributed by atoms with Crippen molar-refractivity contribution < 1.29 is 5.11 Å². The molecular formula is C37H55N3OS2. The van der Waals surface area contributed by atoms with Crippen LogP contribution in [0.25, 0.3) is 5.70 Å². The standard InChI is InChI=1S/C28H43N3OS2.C9H12/c1-7-31(19(2)3)14-8-13-28(5,6)27-29-18-25(34-27)17-26(33)30-20(4)21-9-11-22(12-10-21)23-15-24(32)16-23;1-2-9-7-5-3-4-6-8-9/h9-12,18-19,23-24,27,29,32H,4,7-8,13-17H2,1-3,5-6H3,(H,30,33);3-7H,2,8H2,1H3. The topological polar surface area (TPSA) is 47.5 Å². The van der Waals surface area contributed by atoms with E-state index < -0.39 is 0 Å². The molecule has 1 heterocycles. The van der Waals surface area contributed by atoms with Crippen LogP contribution in [0.4, 0.5) is 0 Å². The minimum atomic E-state index is -0.127. The number of benzene rings is 1. The van der Waals surface area contributed by atoms with Crippen molar-refractivity contribution in [1.82, 2.24) is 15.5 Å². The van der Waals surface area contributed by atoms with E-state index in [0.29, 0.717) is 17.3 Å². The molecule has 1 saturated carbocycles. The van der Waals surface area contributed by atoms with Crippen molar-refractivity contribution in [3.63, 3.8) is 0 Å². The van der Waals surface area contributed by atoms with Gasteiger partial charge in [-0.2, -0.15) is 0 Å². The van der Waals surface area contributed by atoms with Crippen molar-refractivity contribution in [2.24, 2.45) is 5.41 Å². The summed E-state index contributed by atoms with van der Waals surface area (Å²) in [4.78, 5) is 4.61. The van der Waals surface area contributed by atoms with Gasteiger partial charge in [-0.25, -0.2) is 0 Å². The zero-order valence-corrected chi connectivity index (χ0v) is 29.0. The van der Waals surface area contributed by atoms with Crippen LogP contribution in [0, 0.1) is 5.41 Å². The van der Waals surface area contributed by atoms with Gasteiger partial charge in [0.05, 0.1) is 16.5 Å². The zero-order valence-electron chi connectivity index (χ0n) is 27.4. The van der Waals surface area contributed by atoms with Crippen molar-refractivity contribution in [2.45, 2.75) is 110 Å². The summed E-state index contributed by atoms with van der Waals surface area (Å²) in [5.74, 6) is 0.489. The Morgan fingerprint density at radius 1 is 1.16 bits per heavy atom. The van der Waals surface area contributed by atoms with Gasteiger partial charge in [-0.15, -0.1) is 11.8 Å². The zero-order chi connectivity index (χ0) is 31.4. The molecule has 1 aromatic carbocycles. The normalized spacial score (nSPS) is 21.3. The van der Waals surface area contributed by atoms with Crippen molar-refractivity contribution >= 4 is 34.7 Å². The molecule has 0 spiro atoms. The van der Waals surface area contributed by atoms with Crippen LogP contribution in [0.3, 0.4) is 0 Å². The largest absolute Gasteiger partial charge is 0.393 e. The van der Waals surface area contributed by atoms with Crippen LogP contribution in [0.15, 0.2) is 77.9 Å². The van der Waals surface area contributed by atoms with E-state index in [4.69, 9.17) is 12.2 Å². The Morgan fingerprint density at radius 2 is 1.88 bits per heavy atom. The van der Waals surface area contributed by atoms with Gasteiger partial charge in [-0.05, 0) is 87.9 Å². The summed E-state index contributed by atoms with van der Waals surface area (Å²) in [6.07, 6.45) is 19.9. The lowest BCUT2D eigenvalue weighted by atomic mass is 9.77. The smallest absolute Gasteiger partial charge is 0.0847 e. The number of rotatable bonds is 13. The molecule has 3 N–H and O–H groups in total. The highest BCUT2D eigenvalue weighted by Gasteiger charge is 2.33. The van der Waals surface area contributed by atoms with Gasteiger partial charge in [0.15, 0.2) is 0 Å². The number of allylic oxidation sites excluding steroid dienone is 6. The summed E-state index contributed by atoms with van der Waals surface area (Å²) in [7, 11) is 0. The van der Waals surface area contributed by atoms with Crippen molar-refractivity contribution in [1.29, 1.82) is 0 Å². The molecule has 1 unspecified atom stereocenters. The number of hydrogen-bond acceptors (Lipinski definition) is 5. The summed E-state index contributed by atoms with van der Waals surface area (Å²) in [5, 5.41) is 16.8. The molecule has 0 radical (unpaired) electrons. The Kier molecular flexibility index (Phi) is 14.3. The molecule has 4 nitrogen and oxygen atoms in total. The molecule has 4 rings (SSSR count). The van der Waals surface area contributed by atoms with E-state index in [-0.39, 0.29) is 11.5 Å². The van der Waals surface area contributed by atoms with E-state index in [1.165, 1.54) is 35.3 Å². The monoisotopic (exact) mass is 621 g/mol. The highest BCUT2D eigenvalue weighted by atomic mass is 32.2. The van der Waals surface area contributed by atoms with E-state index in [0.717, 1.165) is 55.0 Å². The fourth-order valence-corrected chi connectivity index (χ4v) is 7.27. The van der Waals surface area contributed by atoms with Crippen LogP contribution in [-0.2, 0) is 0 Å². The van der Waals surface area contributed by atoms with Gasteiger partial charge in [-0.1, -0.05) is 107 Å². The van der Waals surface area contributed by atoms with E-state index in [2.05, 4.69) is 125 Å². The number of aliphatic hydroxyl groups excluding tert-OH is 1. The molecule has 2 aliphatic carbocycles. The second-order valence-corrected chi connectivity index (χ2v) is 14.7. The molecule has 1 fully saturated rings. The summed E-state index contributed by atoms with van der Waals surface area (Å²) in [5.41, 5.74) is 4.90. The van der Waals surface area contributed by atoms with Crippen LogP contribution in [-0.4, -0.2) is 45.6 Å². The molecule has 1 aromatic rings. The molecule has 43 heavy (non-hydrogen) atoms. The lowest BCUT2D eigenvalue weighted by molar-refractivity contribution is 0.0746. The lowest BCUT2D eigenvalue weighted by Gasteiger charge is -2.33. The van der Waals surface area contributed by atoms with Gasteiger partial charge in [0.1, 0.15) is 0 Å². The summed E-state index contributed by atoms with van der Waals surface area (Å²) in [6, 6.07) is 9.10. The highest BCUT2D eigenvalue weighted by Crippen LogP contribution is 2.41. The quantitative estimate of drug-likeness (QED) is 0.191. The molecule has 0 amide bonds. The third-order valence-electron chi connectivity index (χ3n) is 8.77. The van der Waals surface area contributed by atoms with Crippen LogP contribution in [0.5, 0.6) is 0 Å². The maximum atomic E-state index is 9.53. The Hall–Kier alpha value is -2.12. The molecular weight excluding hydrogens is 567 g/mol. The highest BCUT2D eigenvalue weighted by molar-refractivity contribution is 8.04. The summed E-state index contributed by atoms with van der Waals surface area (Å²) >= 11 is 7.57. The lowest BCUT2D eigenvalue weighted by Crippen LogP contribution is -2.36. The number of nitrogens with zero attached hydrogens (tertiary/aromatic N) is 1. The minimum Gasteiger partial charge on any atom is -0.393 e. The first kappa shape index (κ1) is 35.4. The van der Waals surface area contributed by atoms with E-state index >= 15 is 0 Å². The number of hydrogen-bond donors (Lipinski definition) is 3. The predicted octanol–water partition coefficient (Wildman–Crippen LogP) is 9.08. The average molecular weight is 622 g/mol. The molecule has 1 aliphatic heterocycles. The molecule has 0 aromatic heterocycles.